The van der Waals surface area contributed by atoms with Gasteiger partial charge in [-0.3, -0.25) is 4.31 Å². The van der Waals surface area contributed by atoms with Gasteiger partial charge in [-0.25, -0.2) is 13.4 Å². The van der Waals surface area contributed by atoms with Crippen molar-refractivity contribution in [3.05, 3.63) is 39.2 Å². The highest BCUT2D eigenvalue weighted by molar-refractivity contribution is 7.88. The zero-order valence-electron chi connectivity index (χ0n) is 14.6. The van der Waals surface area contributed by atoms with Gasteiger partial charge in [-0.2, -0.15) is 0 Å². The lowest BCUT2D eigenvalue weighted by atomic mass is 10.2. The number of aromatic nitrogens is 1. The summed E-state index contributed by atoms with van der Waals surface area (Å²) in [6.45, 7) is 9.77. The number of sulfonamides is 1. The molecule has 0 aromatic carbocycles. The highest BCUT2D eigenvalue weighted by Gasteiger charge is 2.15. The van der Waals surface area contributed by atoms with Gasteiger partial charge in [-0.1, -0.05) is 19.1 Å². The molecule has 24 heavy (non-hydrogen) atoms. The molecular weight excluding hydrogens is 344 g/mol. The molecule has 0 aliphatic carbocycles. The summed E-state index contributed by atoms with van der Waals surface area (Å²) in [6, 6.07) is 1.85. The van der Waals surface area contributed by atoms with Gasteiger partial charge in [0.05, 0.1) is 21.8 Å². The molecule has 0 amide bonds. The van der Waals surface area contributed by atoms with Gasteiger partial charge >= 0.3 is 0 Å². The fourth-order valence-electron chi connectivity index (χ4n) is 2.13. The van der Waals surface area contributed by atoms with Crippen molar-refractivity contribution in [3.8, 4) is 10.6 Å². The summed E-state index contributed by atoms with van der Waals surface area (Å²) < 4.78 is 30.8. The molecule has 0 saturated carbocycles. The zero-order chi connectivity index (χ0) is 18.1. The molecule has 0 unspecified atom stereocenters. The van der Waals surface area contributed by atoms with Crippen LogP contribution in [-0.2, 0) is 16.4 Å². The molecule has 0 aliphatic rings. The first-order chi connectivity index (χ1) is 11.1. The van der Waals surface area contributed by atoms with Gasteiger partial charge < -0.3 is 4.42 Å². The first-order valence-corrected chi connectivity index (χ1v) is 10.2. The first kappa shape index (κ1) is 18.5. The quantitative estimate of drug-likeness (QED) is 0.815. The van der Waals surface area contributed by atoms with Crippen molar-refractivity contribution in [3.63, 3.8) is 0 Å². The molecule has 0 saturated heterocycles. The molecule has 130 valence electrons. The average Bonchev–Trinajstić information content (AvgIpc) is 3.09. The van der Waals surface area contributed by atoms with Gasteiger partial charge in [0.15, 0.2) is 0 Å². The average molecular weight is 367 g/mol. The minimum atomic E-state index is -3.35. The van der Waals surface area contributed by atoms with E-state index in [1.807, 2.05) is 19.9 Å². The molecule has 0 bridgehead atoms. The number of thiazole rings is 1. The Morgan fingerprint density at radius 3 is 2.62 bits per heavy atom. The summed E-state index contributed by atoms with van der Waals surface area (Å²) in [7, 11) is -1.83. The largest absolute Gasteiger partial charge is 0.455 e. The van der Waals surface area contributed by atoms with Crippen molar-refractivity contribution in [1.29, 1.82) is 0 Å². The van der Waals surface area contributed by atoms with Crippen molar-refractivity contribution in [2.24, 2.45) is 0 Å². The summed E-state index contributed by atoms with van der Waals surface area (Å²) in [4.78, 5) is 5.27. The van der Waals surface area contributed by atoms with E-state index in [9.17, 15) is 8.42 Å². The van der Waals surface area contributed by atoms with E-state index in [2.05, 4.69) is 18.5 Å². The molecule has 5 nitrogen and oxygen atoms in total. The SMILES string of the molecule is C=c1cc(-c2cnc(CC)s2)o/c1=C/C(=C(C)C)N(C)S(C)(=O)=O. The number of allylic oxidation sites excluding steroid dienone is 2. The van der Waals surface area contributed by atoms with Crippen LogP contribution in [0.4, 0.5) is 0 Å². The van der Waals surface area contributed by atoms with Crippen LogP contribution in [0, 0.1) is 0 Å². The van der Waals surface area contributed by atoms with Crippen LogP contribution in [0.1, 0.15) is 25.8 Å². The summed E-state index contributed by atoms with van der Waals surface area (Å²) in [5, 5.41) is 1.75. The highest BCUT2D eigenvalue weighted by atomic mass is 32.2. The molecule has 0 N–H and O–H groups in total. The van der Waals surface area contributed by atoms with Crippen LogP contribution in [0.5, 0.6) is 0 Å². The van der Waals surface area contributed by atoms with Gasteiger partial charge in [-0.15, -0.1) is 11.3 Å². The predicted molar refractivity (Wildman–Crippen MR) is 99.4 cm³/mol. The molecule has 2 aromatic rings. The lowest BCUT2D eigenvalue weighted by Gasteiger charge is -2.19. The number of rotatable bonds is 5. The maximum absolute atomic E-state index is 11.8. The fourth-order valence-corrected chi connectivity index (χ4v) is 3.53. The first-order valence-electron chi connectivity index (χ1n) is 7.50. The lowest BCUT2D eigenvalue weighted by Crippen LogP contribution is -2.27. The molecule has 0 radical (unpaired) electrons. The van der Waals surface area contributed by atoms with E-state index in [1.54, 1.807) is 23.6 Å². The van der Waals surface area contributed by atoms with Gasteiger partial charge in [-0.05, 0) is 26.3 Å². The molecule has 0 fully saturated rings. The van der Waals surface area contributed by atoms with Crippen LogP contribution in [0.3, 0.4) is 0 Å². The van der Waals surface area contributed by atoms with Gasteiger partial charge in [0.2, 0.25) is 10.0 Å². The second kappa shape index (κ2) is 6.94. The van der Waals surface area contributed by atoms with Gasteiger partial charge in [0.1, 0.15) is 11.2 Å². The van der Waals surface area contributed by atoms with E-state index in [0.29, 0.717) is 22.1 Å². The minimum Gasteiger partial charge on any atom is -0.455 e. The standard InChI is InChI=1S/C17H22N2O3S2/c1-7-17-18-10-16(23-17)15-8-12(4)14(22-15)9-13(11(2)3)19(5)24(6,20)21/h8-10H,4,7H2,1-3,5-6H3/b14-9+. The summed E-state index contributed by atoms with van der Waals surface area (Å²) in [5.41, 5.74) is 1.98. The number of hydrogen-bond acceptors (Lipinski definition) is 5. The molecule has 0 aliphatic heterocycles. The van der Waals surface area contributed by atoms with E-state index in [1.165, 1.54) is 17.6 Å². The zero-order valence-corrected chi connectivity index (χ0v) is 16.2. The topological polar surface area (TPSA) is 63.4 Å². The molecular formula is C17H22N2O3S2. The Kier molecular flexibility index (Phi) is 5.35. The van der Waals surface area contributed by atoms with Crippen molar-refractivity contribution in [2.45, 2.75) is 27.2 Å². The molecule has 7 heteroatoms. The molecule has 2 aromatic heterocycles. The Balaban J connectivity index is 2.54. The maximum Gasteiger partial charge on any atom is 0.231 e. The van der Waals surface area contributed by atoms with E-state index >= 15 is 0 Å². The Morgan fingerprint density at radius 1 is 1.46 bits per heavy atom. The second-order valence-electron chi connectivity index (χ2n) is 5.73. The normalized spacial score (nSPS) is 12.5. The molecule has 0 spiro atoms. The van der Waals surface area contributed by atoms with Crippen molar-refractivity contribution in [2.75, 3.05) is 13.3 Å². The van der Waals surface area contributed by atoms with Crippen molar-refractivity contribution < 1.29 is 12.8 Å². The van der Waals surface area contributed by atoms with E-state index in [-0.39, 0.29) is 0 Å². The van der Waals surface area contributed by atoms with Crippen LogP contribution in [0.15, 0.2) is 28.0 Å². The Labute approximate surface area is 146 Å². The second-order valence-corrected chi connectivity index (χ2v) is 8.86. The number of nitrogens with zero attached hydrogens (tertiary/aromatic N) is 2. The Bertz CT molecular complexity index is 977. The summed E-state index contributed by atoms with van der Waals surface area (Å²) >= 11 is 1.58. The van der Waals surface area contributed by atoms with Crippen LogP contribution in [0.25, 0.3) is 23.3 Å². The van der Waals surface area contributed by atoms with Crippen LogP contribution >= 0.6 is 11.3 Å². The van der Waals surface area contributed by atoms with Gasteiger partial charge in [0.25, 0.3) is 0 Å². The Morgan fingerprint density at radius 2 is 2.12 bits per heavy atom. The van der Waals surface area contributed by atoms with Crippen molar-refractivity contribution in [1.82, 2.24) is 9.29 Å². The number of hydrogen-bond donors (Lipinski definition) is 0. The van der Waals surface area contributed by atoms with E-state index in [4.69, 9.17) is 4.42 Å². The smallest absolute Gasteiger partial charge is 0.231 e. The van der Waals surface area contributed by atoms with E-state index < -0.39 is 10.0 Å². The number of aryl methyl sites for hydroxylation is 1. The van der Waals surface area contributed by atoms with Crippen LogP contribution in [0.2, 0.25) is 0 Å². The van der Waals surface area contributed by atoms with Gasteiger partial charge in [0, 0.05) is 24.5 Å². The molecule has 2 rings (SSSR count). The molecule has 2 heterocycles. The summed E-state index contributed by atoms with van der Waals surface area (Å²) in [6.07, 6.45) is 5.55. The lowest BCUT2D eigenvalue weighted by molar-refractivity contribution is 0.529. The van der Waals surface area contributed by atoms with Crippen molar-refractivity contribution >= 4 is 34.0 Å². The predicted octanol–water partition coefficient (Wildman–Crippen LogP) is 2.34. The number of furan rings is 1. The van der Waals surface area contributed by atoms with E-state index in [0.717, 1.165) is 21.9 Å². The highest BCUT2D eigenvalue weighted by Crippen LogP contribution is 2.24. The third-order valence-corrected chi connectivity index (χ3v) is 5.91. The monoisotopic (exact) mass is 366 g/mol. The fraction of sp³-hybridized carbons (Fsp3) is 0.353. The third kappa shape index (κ3) is 3.96. The maximum atomic E-state index is 11.8. The van der Waals surface area contributed by atoms with Crippen LogP contribution in [-0.4, -0.2) is 31.0 Å². The van der Waals surface area contributed by atoms with Crippen LogP contribution < -0.4 is 10.6 Å². The third-order valence-electron chi connectivity index (χ3n) is 3.56. The molecule has 0 atom stereocenters. The Hall–Kier alpha value is -1.86. The minimum absolute atomic E-state index is 0.545. The summed E-state index contributed by atoms with van der Waals surface area (Å²) in [5.74, 6) is 0.693.